The van der Waals surface area contributed by atoms with Gasteiger partial charge in [-0.3, -0.25) is 4.79 Å². The van der Waals surface area contributed by atoms with Crippen LogP contribution in [0.2, 0.25) is 5.02 Å². The molecule has 9 nitrogen and oxygen atoms in total. The molecule has 0 spiro atoms. The largest absolute Gasteiger partial charge is 0.355 e. The molecule has 5 fully saturated rings. The summed E-state index contributed by atoms with van der Waals surface area (Å²) in [6, 6.07) is 8.16. The van der Waals surface area contributed by atoms with E-state index in [-0.39, 0.29) is 5.91 Å². The zero-order valence-electron chi connectivity index (χ0n) is 21.6. The predicted octanol–water partition coefficient (Wildman–Crippen LogP) is 3.76. The fourth-order valence-corrected chi connectivity index (χ4v) is 8.50. The molecule has 3 heterocycles. The molecule has 1 aliphatic heterocycles. The van der Waals surface area contributed by atoms with Crippen LogP contribution in [0.5, 0.6) is 0 Å². The summed E-state index contributed by atoms with van der Waals surface area (Å²) >= 11 is 6.60. The number of aromatic nitrogens is 5. The van der Waals surface area contributed by atoms with Crippen molar-refractivity contribution in [3.63, 3.8) is 0 Å². The van der Waals surface area contributed by atoms with Crippen LogP contribution < -0.4 is 15.5 Å². The number of aromatic amines is 1. The summed E-state index contributed by atoms with van der Waals surface area (Å²) in [7, 11) is 0. The molecule has 4 bridgehead atoms. The lowest BCUT2D eigenvalue weighted by Gasteiger charge is -2.56. The van der Waals surface area contributed by atoms with Crippen molar-refractivity contribution in [1.29, 1.82) is 0 Å². The maximum absolute atomic E-state index is 13.5. The van der Waals surface area contributed by atoms with E-state index in [1.807, 2.05) is 24.3 Å². The van der Waals surface area contributed by atoms with Gasteiger partial charge in [0.1, 0.15) is 5.82 Å². The van der Waals surface area contributed by atoms with Gasteiger partial charge in [0, 0.05) is 44.0 Å². The number of pyridine rings is 1. The number of carbonyl (C=O) groups is 1. The van der Waals surface area contributed by atoms with Gasteiger partial charge < -0.3 is 15.5 Å². The average Bonchev–Trinajstić information content (AvgIpc) is 3.59. The molecule has 1 amide bonds. The molecule has 1 atom stereocenters. The van der Waals surface area contributed by atoms with Gasteiger partial charge >= 0.3 is 0 Å². The second kappa shape index (κ2) is 9.75. The Morgan fingerprint density at radius 2 is 1.89 bits per heavy atom. The molecule has 3 aromatic rings. The number of carbonyl (C=O) groups excluding carboxylic acids is 1. The highest BCUT2D eigenvalue weighted by molar-refractivity contribution is 6.35. The van der Waals surface area contributed by atoms with Crippen LogP contribution in [0.25, 0.3) is 10.9 Å². The molecular weight excluding hydrogens is 500 g/mol. The second-order valence-corrected chi connectivity index (χ2v) is 12.6. The number of amides is 1. The first-order valence-electron chi connectivity index (χ1n) is 14.1. The van der Waals surface area contributed by atoms with Crippen molar-refractivity contribution < 1.29 is 4.79 Å². The minimum Gasteiger partial charge on any atom is -0.355 e. The first kappa shape index (κ1) is 24.3. The van der Waals surface area contributed by atoms with Gasteiger partial charge in [-0.25, -0.2) is 4.98 Å². The predicted molar refractivity (Wildman–Crippen MR) is 146 cm³/mol. The number of rotatable bonds is 8. The molecule has 0 radical (unpaired) electrons. The summed E-state index contributed by atoms with van der Waals surface area (Å²) in [4.78, 5) is 20.7. The fourth-order valence-electron chi connectivity index (χ4n) is 8.25. The lowest BCUT2D eigenvalue weighted by molar-refractivity contribution is -0.0503. The summed E-state index contributed by atoms with van der Waals surface area (Å²) in [6.07, 6.45) is 9.84. The van der Waals surface area contributed by atoms with E-state index in [0.717, 1.165) is 79.3 Å². The summed E-state index contributed by atoms with van der Waals surface area (Å²) in [5, 5.41) is 22.3. The first-order chi connectivity index (χ1) is 18.5. The number of benzene rings is 1. The van der Waals surface area contributed by atoms with Gasteiger partial charge in [0.25, 0.3) is 5.91 Å². The van der Waals surface area contributed by atoms with E-state index in [1.54, 1.807) is 0 Å². The minimum absolute atomic E-state index is 0.0714. The van der Waals surface area contributed by atoms with E-state index < -0.39 is 0 Å². The molecule has 4 saturated carbocycles. The number of halogens is 1. The number of hydrogen-bond donors (Lipinski definition) is 3. The van der Waals surface area contributed by atoms with Crippen molar-refractivity contribution in [3.05, 3.63) is 40.7 Å². The Kier molecular flexibility index (Phi) is 6.23. The molecule has 200 valence electrons. The number of nitrogens with zero attached hydrogens (tertiary/aromatic N) is 5. The lowest BCUT2D eigenvalue weighted by Crippen LogP contribution is -2.51. The van der Waals surface area contributed by atoms with Crippen LogP contribution in [0.1, 0.15) is 61.1 Å². The van der Waals surface area contributed by atoms with Gasteiger partial charge in [0.2, 0.25) is 0 Å². The van der Waals surface area contributed by atoms with Crippen molar-refractivity contribution in [2.45, 2.75) is 57.4 Å². The van der Waals surface area contributed by atoms with E-state index in [9.17, 15) is 4.79 Å². The Hall–Kier alpha value is -2.78. The average molecular weight is 535 g/mol. The second-order valence-electron chi connectivity index (χ2n) is 12.2. The van der Waals surface area contributed by atoms with Gasteiger partial charge in [-0.15, -0.1) is 10.2 Å². The van der Waals surface area contributed by atoms with E-state index in [4.69, 9.17) is 16.6 Å². The normalized spacial score (nSPS) is 29.9. The summed E-state index contributed by atoms with van der Waals surface area (Å²) in [5.74, 6) is 4.19. The van der Waals surface area contributed by atoms with Gasteiger partial charge in [0.15, 0.2) is 5.82 Å². The third-order valence-electron chi connectivity index (χ3n) is 9.50. The number of tetrazole rings is 1. The molecule has 10 heteroatoms. The highest BCUT2D eigenvalue weighted by Gasteiger charge is 2.50. The number of anilines is 1. The fraction of sp³-hybridized carbons (Fsp3) is 0.607. The first-order valence-corrected chi connectivity index (χ1v) is 14.5. The van der Waals surface area contributed by atoms with E-state index in [1.165, 1.54) is 38.5 Å². The van der Waals surface area contributed by atoms with Crippen LogP contribution in [-0.2, 0) is 6.42 Å². The molecule has 4 aliphatic carbocycles. The Morgan fingerprint density at radius 3 is 2.63 bits per heavy atom. The molecule has 1 aromatic carbocycles. The molecular formula is C28H35ClN8O. The standard InChI is InChI=1S/C28H35ClN8O/c29-22-2-3-23-21(26(22)27(38)31-16-28-12-17-9-18(13-28)11-19(10-17)14-28)1-4-25(32-23)37-8-6-20(15-37)30-7-5-24-33-35-36-34-24/h1-4,17-20,30H,5-16H2,(H,31,38)(H,33,34,35,36)/t17?,18?,19?,20-,28?/m0/s1. The number of hydrogen-bond acceptors (Lipinski definition) is 7. The molecule has 38 heavy (non-hydrogen) atoms. The minimum atomic E-state index is -0.0714. The van der Waals surface area contributed by atoms with Crippen LogP contribution in [0, 0.1) is 23.2 Å². The molecule has 2 aromatic heterocycles. The Labute approximate surface area is 227 Å². The monoisotopic (exact) mass is 534 g/mol. The van der Waals surface area contributed by atoms with E-state index in [0.29, 0.717) is 22.0 Å². The highest BCUT2D eigenvalue weighted by Crippen LogP contribution is 2.59. The summed E-state index contributed by atoms with van der Waals surface area (Å²) in [5.41, 5.74) is 1.65. The quantitative estimate of drug-likeness (QED) is 0.403. The Bertz CT molecular complexity index is 1290. The maximum Gasteiger partial charge on any atom is 0.253 e. The third-order valence-corrected chi connectivity index (χ3v) is 9.82. The Morgan fingerprint density at radius 1 is 1.11 bits per heavy atom. The maximum atomic E-state index is 13.5. The van der Waals surface area contributed by atoms with Crippen molar-refractivity contribution in [2.24, 2.45) is 23.2 Å². The molecule has 5 aliphatic rings. The smallest absolute Gasteiger partial charge is 0.253 e. The Balaban J connectivity index is 1.02. The van der Waals surface area contributed by atoms with Gasteiger partial charge in [-0.05, 0) is 92.4 Å². The van der Waals surface area contributed by atoms with Crippen molar-refractivity contribution in [2.75, 3.05) is 31.1 Å². The number of fused-ring (bicyclic) bond motifs is 1. The zero-order chi connectivity index (χ0) is 25.7. The molecule has 1 saturated heterocycles. The molecule has 3 N–H and O–H groups in total. The van der Waals surface area contributed by atoms with Gasteiger partial charge in [-0.2, -0.15) is 5.21 Å². The van der Waals surface area contributed by atoms with Crippen molar-refractivity contribution in [3.8, 4) is 0 Å². The third kappa shape index (κ3) is 4.64. The summed E-state index contributed by atoms with van der Waals surface area (Å²) in [6.45, 7) is 3.40. The highest BCUT2D eigenvalue weighted by atomic mass is 35.5. The summed E-state index contributed by atoms with van der Waals surface area (Å²) < 4.78 is 0. The van der Waals surface area contributed by atoms with Crippen molar-refractivity contribution >= 4 is 34.2 Å². The van der Waals surface area contributed by atoms with E-state index in [2.05, 4.69) is 36.2 Å². The zero-order valence-corrected chi connectivity index (χ0v) is 22.4. The van der Waals surface area contributed by atoms with Gasteiger partial charge in [-0.1, -0.05) is 16.8 Å². The van der Waals surface area contributed by atoms with E-state index >= 15 is 0 Å². The van der Waals surface area contributed by atoms with Crippen LogP contribution >= 0.6 is 11.6 Å². The van der Waals surface area contributed by atoms with Crippen LogP contribution in [0.4, 0.5) is 5.82 Å². The van der Waals surface area contributed by atoms with Crippen molar-refractivity contribution in [1.82, 2.24) is 36.2 Å². The topological polar surface area (TPSA) is 112 Å². The van der Waals surface area contributed by atoms with Gasteiger partial charge in [0.05, 0.1) is 16.1 Å². The molecule has 0 unspecified atom stereocenters. The lowest BCUT2D eigenvalue weighted by atomic mass is 9.49. The van der Waals surface area contributed by atoms with Crippen LogP contribution in [0.15, 0.2) is 24.3 Å². The van der Waals surface area contributed by atoms with Crippen LogP contribution in [-0.4, -0.2) is 63.7 Å². The van der Waals surface area contributed by atoms with Crippen LogP contribution in [0.3, 0.4) is 0 Å². The number of nitrogens with one attached hydrogen (secondary N) is 3. The SMILES string of the molecule is O=C(NCC12CC3CC(CC(C3)C1)C2)c1c(Cl)ccc2nc(N3CC[C@H](NCCc4nn[nH]n4)C3)ccc12. The molecule has 8 rings (SSSR count). The number of H-pyrrole nitrogens is 1.